The number of ketones is 1. The van der Waals surface area contributed by atoms with E-state index < -0.39 is 0 Å². The molecule has 1 saturated heterocycles. The van der Waals surface area contributed by atoms with E-state index in [1.807, 2.05) is 6.92 Å². The summed E-state index contributed by atoms with van der Waals surface area (Å²) in [6.45, 7) is 2.07. The number of rotatable bonds is 1. The second-order valence-corrected chi connectivity index (χ2v) is 2.14. The minimum atomic E-state index is -0.356. The molecule has 0 bridgehead atoms. The van der Waals surface area contributed by atoms with Gasteiger partial charge in [0.1, 0.15) is 0 Å². The molecular weight excluding hydrogens is 118 g/mol. The molecule has 1 rings (SSSR count). The van der Waals surface area contributed by atoms with Crippen LogP contribution in [0.5, 0.6) is 0 Å². The Morgan fingerprint density at radius 2 is 2.33 bits per heavy atom. The van der Waals surface area contributed by atoms with Crippen molar-refractivity contribution in [3.63, 3.8) is 0 Å². The molecule has 0 aromatic heterocycles. The Hall–Kier alpha value is -0.860. The highest BCUT2D eigenvalue weighted by molar-refractivity contribution is 6.08. The SMILES string of the molecule is CCC1C(=O)CNC1=O. The normalized spacial score (nSPS) is 26.6. The average Bonchev–Trinajstić information content (AvgIpc) is 2.12. The third-order valence-electron chi connectivity index (χ3n) is 1.55. The molecular formula is C6H9NO2. The van der Waals surface area contributed by atoms with Gasteiger partial charge < -0.3 is 5.32 Å². The van der Waals surface area contributed by atoms with Crippen LogP contribution in [0, 0.1) is 5.92 Å². The van der Waals surface area contributed by atoms with E-state index in [-0.39, 0.29) is 24.2 Å². The fraction of sp³-hybridized carbons (Fsp3) is 0.667. The van der Waals surface area contributed by atoms with Crippen LogP contribution < -0.4 is 5.32 Å². The zero-order valence-corrected chi connectivity index (χ0v) is 5.31. The summed E-state index contributed by atoms with van der Waals surface area (Å²) in [7, 11) is 0. The van der Waals surface area contributed by atoms with Crippen LogP contribution in [-0.2, 0) is 9.59 Å². The number of amides is 1. The van der Waals surface area contributed by atoms with Gasteiger partial charge in [0.25, 0.3) is 0 Å². The first kappa shape index (κ1) is 6.26. The molecule has 3 heteroatoms. The van der Waals surface area contributed by atoms with Crippen molar-refractivity contribution in [3.8, 4) is 0 Å². The van der Waals surface area contributed by atoms with Crippen molar-refractivity contribution in [3.05, 3.63) is 0 Å². The van der Waals surface area contributed by atoms with E-state index in [2.05, 4.69) is 5.32 Å². The molecule has 1 N–H and O–H groups in total. The van der Waals surface area contributed by atoms with Gasteiger partial charge in [-0.25, -0.2) is 0 Å². The van der Waals surface area contributed by atoms with E-state index in [0.29, 0.717) is 6.42 Å². The van der Waals surface area contributed by atoms with Crippen molar-refractivity contribution < 1.29 is 9.59 Å². The van der Waals surface area contributed by atoms with Gasteiger partial charge in [-0.15, -0.1) is 0 Å². The summed E-state index contributed by atoms with van der Waals surface area (Å²) in [6, 6.07) is 0. The Bertz CT molecular complexity index is 137. The maximum atomic E-state index is 10.7. The Labute approximate surface area is 53.4 Å². The van der Waals surface area contributed by atoms with Crippen LogP contribution in [0.3, 0.4) is 0 Å². The van der Waals surface area contributed by atoms with Crippen LogP contribution in [0.25, 0.3) is 0 Å². The van der Waals surface area contributed by atoms with Gasteiger partial charge in [-0.05, 0) is 6.42 Å². The van der Waals surface area contributed by atoms with Gasteiger partial charge in [-0.2, -0.15) is 0 Å². The highest BCUT2D eigenvalue weighted by Crippen LogP contribution is 2.08. The summed E-state index contributed by atoms with van der Waals surface area (Å²) in [5.74, 6) is -0.435. The predicted octanol–water partition coefficient (Wildman–Crippen LogP) is -0.289. The van der Waals surface area contributed by atoms with E-state index in [4.69, 9.17) is 0 Å². The molecule has 0 aromatic carbocycles. The second kappa shape index (κ2) is 2.17. The van der Waals surface area contributed by atoms with E-state index in [9.17, 15) is 9.59 Å². The fourth-order valence-corrected chi connectivity index (χ4v) is 0.980. The molecule has 1 aliphatic rings. The van der Waals surface area contributed by atoms with Crippen LogP contribution in [0.2, 0.25) is 0 Å². The standard InChI is InChI=1S/C6H9NO2/c1-2-4-5(8)3-7-6(4)9/h4H,2-3H2,1H3,(H,7,9). The fourth-order valence-electron chi connectivity index (χ4n) is 0.980. The molecule has 1 aliphatic heterocycles. The number of Topliss-reactive ketones (excluding diaryl/α,β-unsaturated/α-hetero) is 1. The first-order chi connectivity index (χ1) is 4.25. The molecule has 1 amide bonds. The molecule has 1 unspecified atom stereocenters. The van der Waals surface area contributed by atoms with Gasteiger partial charge in [-0.1, -0.05) is 6.92 Å². The lowest BCUT2D eigenvalue weighted by Gasteiger charge is -1.96. The number of nitrogens with one attached hydrogen (secondary N) is 1. The van der Waals surface area contributed by atoms with E-state index >= 15 is 0 Å². The number of hydrogen-bond donors (Lipinski definition) is 1. The quantitative estimate of drug-likeness (QED) is 0.492. The van der Waals surface area contributed by atoms with Crippen molar-refractivity contribution in [2.45, 2.75) is 13.3 Å². The predicted molar refractivity (Wildman–Crippen MR) is 31.8 cm³/mol. The smallest absolute Gasteiger partial charge is 0.231 e. The minimum absolute atomic E-state index is 0.0301. The van der Waals surface area contributed by atoms with Crippen LogP contribution >= 0.6 is 0 Å². The van der Waals surface area contributed by atoms with Crippen molar-refractivity contribution in [2.75, 3.05) is 6.54 Å². The largest absolute Gasteiger partial charge is 0.348 e. The van der Waals surface area contributed by atoms with E-state index in [1.165, 1.54) is 0 Å². The maximum Gasteiger partial charge on any atom is 0.231 e. The molecule has 1 fully saturated rings. The topological polar surface area (TPSA) is 46.2 Å². The van der Waals surface area contributed by atoms with Crippen LogP contribution in [0.15, 0.2) is 0 Å². The maximum absolute atomic E-state index is 10.7. The number of carbonyl (C=O) groups is 2. The van der Waals surface area contributed by atoms with Crippen LogP contribution in [0.4, 0.5) is 0 Å². The summed E-state index contributed by atoms with van der Waals surface area (Å²) in [5, 5.41) is 2.48. The molecule has 1 atom stereocenters. The summed E-state index contributed by atoms with van der Waals surface area (Å²) in [5.41, 5.74) is 0. The lowest BCUT2D eigenvalue weighted by atomic mass is 10.1. The van der Waals surface area contributed by atoms with E-state index in [0.717, 1.165) is 0 Å². The van der Waals surface area contributed by atoms with Crippen molar-refractivity contribution in [1.82, 2.24) is 5.32 Å². The monoisotopic (exact) mass is 127 g/mol. The van der Waals surface area contributed by atoms with Gasteiger partial charge in [0.2, 0.25) is 5.91 Å². The van der Waals surface area contributed by atoms with Crippen LogP contribution in [0.1, 0.15) is 13.3 Å². The average molecular weight is 127 g/mol. The Morgan fingerprint density at radius 3 is 2.56 bits per heavy atom. The molecule has 0 saturated carbocycles. The van der Waals surface area contributed by atoms with Gasteiger partial charge in [0, 0.05) is 0 Å². The summed E-state index contributed by atoms with van der Waals surface area (Å²) in [6.07, 6.45) is 0.630. The lowest BCUT2D eigenvalue weighted by Crippen LogP contribution is -2.18. The zero-order valence-electron chi connectivity index (χ0n) is 5.31. The third-order valence-corrected chi connectivity index (χ3v) is 1.55. The molecule has 0 spiro atoms. The Balaban J connectivity index is 2.66. The molecule has 0 aromatic rings. The van der Waals surface area contributed by atoms with Gasteiger partial charge >= 0.3 is 0 Å². The minimum Gasteiger partial charge on any atom is -0.348 e. The van der Waals surface area contributed by atoms with Gasteiger partial charge in [-0.3, -0.25) is 9.59 Å². The lowest BCUT2D eigenvalue weighted by molar-refractivity contribution is -0.127. The Kier molecular flexibility index (Phi) is 1.51. The second-order valence-electron chi connectivity index (χ2n) is 2.14. The number of carbonyl (C=O) groups excluding carboxylic acids is 2. The summed E-state index contributed by atoms with van der Waals surface area (Å²) in [4.78, 5) is 21.4. The molecule has 1 heterocycles. The first-order valence-corrected chi connectivity index (χ1v) is 3.06. The molecule has 50 valence electrons. The van der Waals surface area contributed by atoms with Crippen molar-refractivity contribution in [1.29, 1.82) is 0 Å². The highest BCUT2D eigenvalue weighted by atomic mass is 16.2. The van der Waals surface area contributed by atoms with Crippen molar-refractivity contribution in [2.24, 2.45) is 5.92 Å². The van der Waals surface area contributed by atoms with Gasteiger partial charge in [0.05, 0.1) is 12.5 Å². The summed E-state index contributed by atoms with van der Waals surface area (Å²) < 4.78 is 0. The van der Waals surface area contributed by atoms with Crippen LogP contribution in [-0.4, -0.2) is 18.2 Å². The van der Waals surface area contributed by atoms with Gasteiger partial charge in [0.15, 0.2) is 5.78 Å². The van der Waals surface area contributed by atoms with Crippen molar-refractivity contribution >= 4 is 11.7 Å². The number of hydrogen-bond acceptors (Lipinski definition) is 2. The molecule has 9 heavy (non-hydrogen) atoms. The molecule has 0 radical (unpaired) electrons. The highest BCUT2D eigenvalue weighted by Gasteiger charge is 2.30. The zero-order chi connectivity index (χ0) is 6.85. The first-order valence-electron chi connectivity index (χ1n) is 3.06. The molecule has 3 nitrogen and oxygen atoms in total. The molecule has 0 aliphatic carbocycles. The van der Waals surface area contributed by atoms with E-state index in [1.54, 1.807) is 0 Å². The Morgan fingerprint density at radius 1 is 1.67 bits per heavy atom. The summed E-state index contributed by atoms with van der Waals surface area (Å²) >= 11 is 0. The third kappa shape index (κ3) is 0.943.